The van der Waals surface area contributed by atoms with Crippen LogP contribution in [0.15, 0.2) is 35.2 Å². The number of hydrogen-bond donors (Lipinski definition) is 1. The average Bonchev–Trinajstić information content (AvgIpc) is 2.90. The molecule has 138 valence electrons. The third-order valence-electron chi connectivity index (χ3n) is 4.20. The molecule has 1 aliphatic heterocycles. The number of carbonyl (C=O) groups excluding carboxylic acids is 1. The van der Waals surface area contributed by atoms with E-state index in [1.54, 1.807) is 4.90 Å². The Balaban J connectivity index is 1.96. The number of carbonyl (C=O) groups is 1. The molecule has 2 aromatic rings. The molecule has 0 aliphatic carbocycles. The van der Waals surface area contributed by atoms with Crippen LogP contribution in [0.4, 0.5) is 24.5 Å². The summed E-state index contributed by atoms with van der Waals surface area (Å²) in [6.45, 7) is 3.26. The van der Waals surface area contributed by atoms with E-state index in [0.29, 0.717) is 23.7 Å². The van der Waals surface area contributed by atoms with Crippen molar-refractivity contribution >= 4 is 27.3 Å². The second-order valence-corrected chi connectivity index (χ2v) is 7.74. The molecule has 1 aliphatic rings. The van der Waals surface area contributed by atoms with Gasteiger partial charge in [-0.1, -0.05) is 0 Å². The van der Waals surface area contributed by atoms with Crippen LogP contribution in [0, 0.1) is 17.5 Å². The summed E-state index contributed by atoms with van der Waals surface area (Å²) < 4.78 is 66.9. The van der Waals surface area contributed by atoms with E-state index in [0.717, 1.165) is 6.07 Å². The summed E-state index contributed by atoms with van der Waals surface area (Å²) in [6, 6.07) is 5.47. The minimum atomic E-state index is -4.22. The number of rotatable bonds is 3. The minimum absolute atomic E-state index is 0.114. The first kappa shape index (κ1) is 18.2. The third-order valence-corrected chi connectivity index (χ3v) is 5.56. The summed E-state index contributed by atoms with van der Waals surface area (Å²) in [5, 5.41) is 0. The van der Waals surface area contributed by atoms with Gasteiger partial charge in [-0.05, 0) is 49.2 Å². The quantitative estimate of drug-likeness (QED) is 0.827. The molecule has 1 atom stereocenters. The molecule has 3 rings (SSSR count). The van der Waals surface area contributed by atoms with Crippen molar-refractivity contribution in [3.05, 3.63) is 53.3 Å². The summed E-state index contributed by atoms with van der Waals surface area (Å²) in [7, 11) is -4.22. The van der Waals surface area contributed by atoms with Crippen LogP contribution in [0.3, 0.4) is 0 Å². The molecule has 5 nitrogen and oxygen atoms in total. The molecule has 0 bridgehead atoms. The SMILES string of the molecule is CC(=O)N1c2ccc(S(=O)(=O)Nc3ccc(F)c(F)c3F)cc2CC1C. The average molecular weight is 384 g/mol. The number of benzene rings is 2. The first-order valence-corrected chi connectivity index (χ1v) is 9.19. The molecule has 9 heteroatoms. The van der Waals surface area contributed by atoms with Gasteiger partial charge in [-0.3, -0.25) is 9.52 Å². The smallest absolute Gasteiger partial charge is 0.261 e. The molecule has 0 radical (unpaired) electrons. The lowest BCUT2D eigenvalue weighted by Crippen LogP contribution is -2.33. The van der Waals surface area contributed by atoms with Gasteiger partial charge in [-0.25, -0.2) is 21.6 Å². The van der Waals surface area contributed by atoms with Gasteiger partial charge < -0.3 is 4.90 Å². The Hall–Kier alpha value is -2.55. The van der Waals surface area contributed by atoms with E-state index in [9.17, 15) is 26.4 Å². The number of hydrogen-bond acceptors (Lipinski definition) is 3. The lowest BCUT2D eigenvalue weighted by molar-refractivity contribution is -0.116. The van der Waals surface area contributed by atoms with E-state index in [1.165, 1.54) is 25.1 Å². The molecule has 2 aromatic carbocycles. The van der Waals surface area contributed by atoms with Gasteiger partial charge in [0.15, 0.2) is 17.5 Å². The molecule has 0 aromatic heterocycles. The Morgan fingerprint density at radius 1 is 1.15 bits per heavy atom. The number of halogens is 3. The van der Waals surface area contributed by atoms with E-state index < -0.39 is 33.2 Å². The van der Waals surface area contributed by atoms with Crippen LogP contribution in [0.5, 0.6) is 0 Å². The van der Waals surface area contributed by atoms with Crippen molar-refractivity contribution in [2.24, 2.45) is 0 Å². The monoisotopic (exact) mass is 384 g/mol. The fourth-order valence-electron chi connectivity index (χ4n) is 3.06. The predicted molar refractivity (Wildman–Crippen MR) is 89.9 cm³/mol. The highest BCUT2D eigenvalue weighted by Crippen LogP contribution is 2.34. The number of sulfonamides is 1. The second kappa shape index (κ2) is 6.31. The van der Waals surface area contributed by atoms with Crippen molar-refractivity contribution in [2.75, 3.05) is 9.62 Å². The van der Waals surface area contributed by atoms with Crippen molar-refractivity contribution in [3.8, 4) is 0 Å². The topological polar surface area (TPSA) is 66.5 Å². The summed E-state index contributed by atoms with van der Waals surface area (Å²) in [5.41, 5.74) is 0.576. The molecule has 26 heavy (non-hydrogen) atoms. The van der Waals surface area contributed by atoms with Crippen molar-refractivity contribution in [1.29, 1.82) is 0 Å². The highest BCUT2D eigenvalue weighted by Gasteiger charge is 2.30. The van der Waals surface area contributed by atoms with Crippen molar-refractivity contribution < 1.29 is 26.4 Å². The van der Waals surface area contributed by atoms with Crippen LogP contribution < -0.4 is 9.62 Å². The van der Waals surface area contributed by atoms with Gasteiger partial charge in [0, 0.05) is 18.7 Å². The van der Waals surface area contributed by atoms with Crippen LogP contribution in [0.2, 0.25) is 0 Å². The number of nitrogens with one attached hydrogen (secondary N) is 1. The lowest BCUT2D eigenvalue weighted by atomic mass is 10.1. The van der Waals surface area contributed by atoms with Gasteiger partial charge in [0.05, 0.1) is 10.6 Å². The summed E-state index contributed by atoms with van der Waals surface area (Å²) >= 11 is 0. The standard InChI is InChI=1S/C17H15F3N2O3S/c1-9-7-11-8-12(3-6-15(11)22(9)10(2)23)26(24,25)21-14-5-4-13(18)16(19)17(14)20/h3-6,8-9,21H,7H2,1-2H3. The van der Waals surface area contributed by atoms with Crippen LogP contribution in [0.1, 0.15) is 19.4 Å². The summed E-state index contributed by atoms with van der Waals surface area (Å²) in [6.07, 6.45) is 0.470. The zero-order valence-corrected chi connectivity index (χ0v) is 14.7. The number of nitrogens with zero attached hydrogens (tertiary/aromatic N) is 1. The second-order valence-electron chi connectivity index (χ2n) is 6.06. The Kier molecular flexibility index (Phi) is 4.43. The first-order valence-electron chi connectivity index (χ1n) is 7.71. The number of amides is 1. The normalized spacial score (nSPS) is 16.5. The molecule has 0 saturated heterocycles. The predicted octanol–water partition coefficient (Wildman–Crippen LogP) is 3.20. The molecule has 1 unspecified atom stereocenters. The Bertz CT molecular complexity index is 1010. The van der Waals surface area contributed by atoms with Gasteiger partial charge in [-0.2, -0.15) is 0 Å². The van der Waals surface area contributed by atoms with Gasteiger partial charge in [0.25, 0.3) is 10.0 Å². The first-order chi connectivity index (χ1) is 12.1. The molecular formula is C17H15F3N2O3S. The van der Waals surface area contributed by atoms with E-state index in [2.05, 4.69) is 0 Å². The zero-order chi connectivity index (χ0) is 19.2. The van der Waals surface area contributed by atoms with Gasteiger partial charge in [-0.15, -0.1) is 0 Å². The van der Waals surface area contributed by atoms with Crippen molar-refractivity contribution in [1.82, 2.24) is 0 Å². The van der Waals surface area contributed by atoms with Gasteiger partial charge >= 0.3 is 0 Å². The fourth-order valence-corrected chi connectivity index (χ4v) is 4.17. The maximum Gasteiger partial charge on any atom is 0.261 e. The van der Waals surface area contributed by atoms with Crippen LogP contribution in [0.25, 0.3) is 0 Å². The molecule has 1 amide bonds. The minimum Gasteiger partial charge on any atom is -0.309 e. The van der Waals surface area contributed by atoms with Crippen LogP contribution >= 0.6 is 0 Å². The van der Waals surface area contributed by atoms with E-state index in [4.69, 9.17) is 0 Å². The molecule has 0 spiro atoms. The molecule has 0 saturated carbocycles. The van der Waals surface area contributed by atoms with Gasteiger partial charge in [0.1, 0.15) is 0 Å². The van der Waals surface area contributed by atoms with E-state index in [-0.39, 0.29) is 16.8 Å². The van der Waals surface area contributed by atoms with Crippen LogP contribution in [-0.4, -0.2) is 20.4 Å². The maximum atomic E-state index is 13.7. The number of anilines is 2. The van der Waals surface area contributed by atoms with E-state index >= 15 is 0 Å². The Morgan fingerprint density at radius 3 is 2.50 bits per heavy atom. The van der Waals surface area contributed by atoms with Crippen molar-refractivity contribution in [2.45, 2.75) is 31.2 Å². The summed E-state index contributed by atoms with van der Waals surface area (Å²) in [5.74, 6) is -4.95. The molecule has 1 heterocycles. The fraction of sp³-hybridized carbons (Fsp3) is 0.235. The van der Waals surface area contributed by atoms with Crippen molar-refractivity contribution in [3.63, 3.8) is 0 Å². The van der Waals surface area contributed by atoms with Gasteiger partial charge in [0.2, 0.25) is 5.91 Å². The largest absolute Gasteiger partial charge is 0.309 e. The molecule has 0 fully saturated rings. The highest BCUT2D eigenvalue weighted by atomic mass is 32.2. The summed E-state index contributed by atoms with van der Waals surface area (Å²) in [4.78, 5) is 13.1. The zero-order valence-electron chi connectivity index (χ0n) is 13.9. The number of fused-ring (bicyclic) bond motifs is 1. The Labute approximate surface area is 148 Å². The maximum absolute atomic E-state index is 13.7. The third kappa shape index (κ3) is 3.03. The molecular weight excluding hydrogens is 369 g/mol. The lowest BCUT2D eigenvalue weighted by Gasteiger charge is -2.20. The Morgan fingerprint density at radius 2 is 1.85 bits per heavy atom. The molecule has 1 N–H and O–H groups in total. The van der Waals surface area contributed by atoms with E-state index in [1.807, 2.05) is 11.6 Å². The highest BCUT2D eigenvalue weighted by molar-refractivity contribution is 7.92. The van der Waals surface area contributed by atoms with Crippen LogP contribution in [-0.2, 0) is 21.2 Å².